The monoisotopic (exact) mass is 759 g/mol. The van der Waals surface area contributed by atoms with Crippen molar-refractivity contribution in [2.75, 3.05) is 11.9 Å². The number of rotatable bonds is 16. The van der Waals surface area contributed by atoms with E-state index in [2.05, 4.69) is 19.2 Å². The van der Waals surface area contributed by atoms with Gasteiger partial charge >= 0.3 is 6.09 Å². The van der Waals surface area contributed by atoms with E-state index in [0.717, 1.165) is 16.0 Å². The van der Waals surface area contributed by atoms with Gasteiger partial charge in [-0.05, 0) is 53.0 Å². The number of amides is 4. The smallest absolute Gasteiger partial charge is 0.419 e. The molecule has 3 atom stereocenters. The molecule has 0 bridgehead atoms. The zero-order valence-corrected chi connectivity index (χ0v) is 33.6. The normalized spacial score (nSPS) is 16.7. The molecule has 0 saturated carbocycles. The van der Waals surface area contributed by atoms with Crippen LogP contribution in [0.15, 0.2) is 72.8 Å². The maximum Gasteiger partial charge on any atom is 0.419 e. The van der Waals surface area contributed by atoms with E-state index in [9.17, 15) is 14.4 Å². The first-order valence-electron chi connectivity index (χ1n) is 18.5. The Morgan fingerprint density at radius 2 is 1.41 bits per heavy atom. The highest BCUT2D eigenvalue weighted by Gasteiger charge is 2.64. The average molecular weight is 760 g/mol. The van der Waals surface area contributed by atoms with E-state index in [1.165, 1.54) is 0 Å². The molecule has 11 heteroatoms. The van der Waals surface area contributed by atoms with Gasteiger partial charge in [0, 0.05) is 35.1 Å². The van der Waals surface area contributed by atoms with Gasteiger partial charge in [0.05, 0.1) is 6.61 Å². The first-order chi connectivity index (χ1) is 25.2. The quantitative estimate of drug-likeness (QED) is 0.111. The summed E-state index contributed by atoms with van der Waals surface area (Å²) in [5.74, 6) is -2.82. The van der Waals surface area contributed by atoms with Gasteiger partial charge in [0.1, 0.15) is 11.1 Å². The summed E-state index contributed by atoms with van der Waals surface area (Å²) in [4.78, 5) is 72.6. The Labute approximate surface area is 324 Å². The van der Waals surface area contributed by atoms with Gasteiger partial charge in [-0.2, -0.15) is 0 Å². The number of imide groups is 1. The molecule has 0 aromatic heterocycles. The van der Waals surface area contributed by atoms with E-state index in [1.807, 2.05) is 64.1 Å². The number of benzene rings is 3. The summed E-state index contributed by atoms with van der Waals surface area (Å²) in [6, 6.07) is 21.2. The first-order valence-corrected chi connectivity index (χ1v) is 18.9. The van der Waals surface area contributed by atoms with Crippen LogP contribution in [0.4, 0.5) is 10.5 Å². The molecule has 4 amide bonds. The van der Waals surface area contributed by atoms with Crippen LogP contribution >= 0.6 is 11.6 Å². The lowest BCUT2D eigenvalue weighted by Crippen LogP contribution is -2.64. The SMILES string of the molecule is CCC(C)(C)c1cc(C(C)(C)CC)c(C(C(=O)Nc2ccccc2)(C(=O)C(C)(C)C)N2C(=O)OC(Cc3ccccc3)C2=O)cc1OCCC(Cl)C(N)=O. The summed E-state index contributed by atoms with van der Waals surface area (Å²) in [5.41, 5.74) is 2.93. The molecule has 0 spiro atoms. The van der Waals surface area contributed by atoms with Crippen LogP contribution in [0.25, 0.3) is 0 Å². The molecule has 290 valence electrons. The number of alkyl halides is 1. The third-order valence-electron chi connectivity index (χ3n) is 10.6. The molecule has 1 saturated heterocycles. The van der Waals surface area contributed by atoms with E-state index in [1.54, 1.807) is 57.2 Å². The van der Waals surface area contributed by atoms with Gasteiger partial charge in [0.15, 0.2) is 11.9 Å². The summed E-state index contributed by atoms with van der Waals surface area (Å²) in [6.07, 6.45) is -1.05. The van der Waals surface area contributed by atoms with Crippen LogP contribution in [-0.4, -0.2) is 52.6 Å². The van der Waals surface area contributed by atoms with E-state index in [0.29, 0.717) is 29.8 Å². The number of carbonyl (C=O) groups is 5. The molecule has 1 aliphatic rings. The van der Waals surface area contributed by atoms with Gasteiger partial charge < -0.3 is 20.5 Å². The molecular weight excluding hydrogens is 706 g/mol. The molecule has 3 aromatic rings. The molecular formula is C43H54ClN3O7. The fraction of sp³-hybridized carbons (Fsp3) is 0.465. The van der Waals surface area contributed by atoms with Crippen LogP contribution in [0.2, 0.25) is 0 Å². The number of nitrogens with two attached hydrogens (primary N) is 1. The summed E-state index contributed by atoms with van der Waals surface area (Å²) >= 11 is 6.20. The highest BCUT2D eigenvalue weighted by atomic mass is 35.5. The molecule has 1 heterocycles. The molecule has 1 aliphatic heterocycles. The van der Waals surface area contributed by atoms with Gasteiger partial charge in [-0.25, -0.2) is 9.69 Å². The lowest BCUT2D eigenvalue weighted by Gasteiger charge is -2.44. The van der Waals surface area contributed by atoms with E-state index >= 15 is 9.59 Å². The van der Waals surface area contributed by atoms with Crippen molar-refractivity contribution in [2.24, 2.45) is 11.1 Å². The predicted octanol–water partition coefficient (Wildman–Crippen LogP) is 7.96. The Morgan fingerprint density at radius 3 is 1.94 bits per heavy atom. The number of nitrogens with zero attached hydrogens (tertiary/aromatic N) is 1. The summed E-state index contributed by atoms with van der Waals surface area (Å²) in [7, 11) is 0. The summed E-state index contributed by atoms with van der Waals surface area (Å²) < 4.78 is 12.2. The van der Waals surface area contributed by atoms with Gasteiger partial charge in [0.2, 0.25) is 11.4 Å². The molecule has 3 N–H and O–H groups in total. The largest absolute Gasteiger partial charge is 0.493 e. The molecule has 1 fully saturated rings. The number of nitrogens with one attached hydrogen (secondary N) is 1. The van der Waals surface area contributed by atoms with Gasteiger partial charge in [-0.3, -0.25) is 19.2 Å². The van der Waals surface area contributed by atoms with Crippen LogP contribution in [0.1, 0.15) is 104 Å². The predicted molar refractivity (Wildman–Crippen MR) is 210 cm³/mol. The Kier molecular flexibility index (Phi) is 12.7. The van der Waals surface area contributed by atoms with Crippen molar-refractivity contribution in [3.63, 3.8) is 0 Å². The highest BCUT2D eigenvalue weighted by Crippen LogP contribution is 2.49. The summed E-state index contributed by atoms with van der Waals surface area (Å²) in [6.45, 7) is 17.0. The maximum absolute atomic E-state index is 15.5. The van der Waals surface area contributed by atoms with Crippen molar-refractivity contribution in [2.45, 2.75) is 116 Å². The minimum absolute atomic E-state index is 0.0277. The fourth-order valence-electron chi connectivity index (χ4n) is 6.56. The number of cyclic esters (lactones) is 1. The lowest BCUT2D eigenvalue weighted by atomic mass is 9.66. The van der Waals surface area contributed by atoms with Crippen LogP contribution in [0.5, 0.6) is 5.75 Å². The van der Waals surface area contributed by atoms with Crippen molar-refractivity contribution in [1.29, 1.82) is 0 Å². The molecule has 3 unspecified atom stereocenters. The van der Waals surface area contributed by atoms with E-state index < -0.39 is 62.9 Å². The Hall–Kier alpha value is -4.70. The average Bonchev–Trinajstić information content (AvgIpc) is 3.40. The second-order valence-electron chi connectivity index (χ2n) is 16.2. The van der Waals surface area contributed by atoms with E-state index in [-0.39, 0.29) is 25.0 Å². The van der Waals surface area contributed by atoms with Crippen molar-refractivity contribution in [3.8, 4) is 5.75 Å². The van der Waals surface area contributed by atoms with Crippen molar-refractivity contribution >= 4 is 46.9 Å². The van der Waals surface area contributed by atoms with Crippen LogP contribution in [0.3, 0.4) is 0 Å². The van der Waals surface area contributed by atoms with E-state index in [4.69, 9.17) is 26.8 Å². The molecule has 0 aliphatic carbocycles. The zero-order valence-electron chi connectivity index (χ0n) is 32.9. The number of ketones is 1. The van der Waals surface area contributed by atoms with Crippen LogP contribution in [0, 0.1) is 5.41 Å². The molecule has 10 nitrogen and oxygen atoms in total. The highest BCUT2D eigenvalue weighted by molar-refractivity contribution is 6.30. The van der Waals surface area contributed by atoms with Crippen LogP contribution < -0.4 is 15.8 Å². The number of Topliss-reactive ketones (excluding diaryl/α,β-unsaturated/α-hetero) is 1. The third kappa shape index (κ3) is 8.49. The molecule has 0 radical (unpaired) electrons. The minimum atomic E-state index is -2.58. The number of hydrogen-bond acceptors (Lipinski definition) is 7. The van der Waals surface area contributed by atoms with Gasteiger partial charge in [-0.15, -0.1) is 11.6 Å². The number of halogens is 1. The number of para-hydroxylation sites is 1. The number of ether oxygens (including phenoxy) is 2. The standard InChI is InChI=1S/C43H54ClN3O7/c1-10-41(6,7)29-25-31(42(8,9)11-2)33(53-23-22-32(44)35(45)48)26-30(29)43(37(50)40(3,4)5,38(51)46-28-20-16-13-17-21-28)47-36(49)34(54-39(47)52)24-27-18-14-12-15-19-27/h12-21,25-26,32,34H,10-11,22-24H2,1-9H3,(H2,45,48)(H,46,51). The summed E-state index contributed by atoms with van der Waals surface area (Å²) in [5, 5.41) is 1.89. The Bertz CT molecular complexity index is 1870. The van der Waals surface area contributed by atoms with Crippen LogP contribution in [-0.2, 0) is 46.7 Å². The topological polar surface area (TPSA) is 145 Å². The number of anilines is 1. The molecule has 3 aromatic carbocycles. The first kappa shape index (κ1) is 42.0. The number of primary amides is 1. The number of carbonyl (C=O) groups excluding carboxylic acids is 5. The maximum atomic E-state index is 15.5. The van der Waals surface area contributed by atoms with Crippen molar-refractivity contribution < 1.29 is 33.4 Å². The molecule has 4 rings (SSSR count). The second-order valence-corrected chi connectivity index (χ2v) is 16.7. The van der Waals surface area contributed by atoms with Gasteiger partial charge in [0.25, 0.3) is 11.8 Å². The van der Waals surface area contributed by atoms with Crippen molar-refractivity contribution in [3.05, 3.63) is 95.1 Å². The van der Waals surface area contributed by atoms with Gasteiger partial charge in [-0.1, -0.05) is 117 Å². The fourth-order valence-corrected chi connectivity index (χ4v) is 6.65. The third-order valence-corrected chi connectivity index (χ3v) is 11.0. The Balaban J connectivity index is 2.15. The zero-order chi connectivity index (χ0) is 40.2. The Morgan fingerprint density at radius 1 is 0.852 bits per heavy atom. The minimum Gasteiger partial charge on any atom is -0.493 e. The van der Waals surface area contributed by atoms with Crippen molar-refractivity contribution in [1.82, 2.24) is 4.90 Å². The molecule has 54 heavy (non-hydrogen) atoms. The number of hydrogen-bond donors (Lipinski definition) is 2. The lowest BCUT2D eigenvalue weighted by molar-refractivity contribution is -0.153. The second kappa shape index (κ2) is 16.3.